The number of H-pyrrole nitrogens is 1. The highest BCUT2D eigenvalue weighted by atomic mass is 16.5. The number of hydrogen-bond donors (Lipinski definition) is 1. The van der Waals surface area contributed by atoms with Gasteiger partial charge in [-0.1, -0.05) is 17.3 Å². The van der Waals surface area contributed by atoms with Gasteiger partial charge >= 0.3 is 0 Å². The number of aromatic amines is 1. The van der Waals surface area contributed by atoms with Crippen molar-refractivity contribution in [2.24, 2.45) is 0 Å². The van der Waals surface area contributed by atoms with Crippen LogP contribution in [0, 0.1) is 0 Å². The molecule has 0 aliphatic carbocycles. The fourth-order valence-corrected chi connectivity index (χ4v) is 4.56. The summed E-state index contributed by atoms with van der Waals surface area (Å²) in [6.45, 7) is 1.90. The van der Waals surface area contributed by atoms with Crippen molar-refractivity contribution in [1.29, 1.82) is 0 Å². The molecule has 1 fully saturated rings. The van der Waals surface area contributed by atoms with Crippen LogP contribution in [0.25, 0.3) is 27.6 Å². The Kier molecular flexibility index (Phi) is 5.25. The Hall–Kier alpha value is -4.87. The molecule has 0 saturated carbocycles. The Labute approximate surface area is 204 Å². The largest absolute Gasteiger partial charge is 0.494 e. The molecule has 6 rings (SSSR count). The van der Waals surface area contributed by atoms with Gasteiger partial charge < -0.3 is 19.5 Å². The molecule has 0 atom stereocenters. The molecule has 12 heteroatoms. The van der Waals surface area contributed by atoms with Crippen LogP contribution >= 0.6 is 0 Å². The van der Waals surface area contributed by atoms with E-state index in [-0.39, 0.29) is 5.56 Å². The number of carbonyl (C=O) groups excluding carboxylic acids is 2. The highest BCUT2D eigenvalue weighted by molar-refractivity contribution is 6.45. The lowest BCUT2D eigenvalue weighted by molar-refractivity contribution is -0.126. The normalized spacial score (nSPS) is 13.9. The molecule has 0 spiro atoms. The fraction of sp³-hybridized carbons (Fsp3) is 0.208. The second kappa shape index (κ2) is 8.73. The lowest BCUT2D eigenvalue weighted by Crippen LogP contribution is -2.51. The Morgan fingerprint density at radius 1 is 1.03 bits per heavy atom. The van der Waals surface area contributed by atoms with Crippen LogP contribution in [0.2, 0.25) is 0 Å². The smallest absolute Gasteiger partial charge is 0.295 e. The van der Waals surface area contributed by atoms with Crippen molar-refractivity contribution in [3.8, 4) is 11.6 Å². The third-order valence-electron chi connectivity index (χ3n) is 6.34. The fourth-order valence-electron chi connectivity index (χ4n) is 4.56. The molecule has 1 aliphatic heterocycles. The highest BCUT2D eigenvalue weighted by Gasteiger charge is 2.30. The molecule has 0 radical (unpaired) electrons. The quantitative estimate of drug-likeness (QED) is 0.292. The van der Waals surface area contributed by atoms with E-state index in [0.717, 1.165) is 16.7 Å². The minimum atomic E-state index is -0.615. The average molecular weight is 483 g/mol. The van der Waals surface area contributed by atoms with Gasteiger partial charge in [0.1, 0.15) is 17.9 Å². The van der Waals surface area contributed by atoms with Crippen LogP contribution in [0.15, 0.2) is 55.4 Å². The number of methoxy groups -OCH3 is 1. The second-order valence-corrected chi connectivity index (χ2v) is 8.27. The second-order valence-electron chi connectivity index (χ2n) is 8.27. The van der Waals surface area contributed by atoms with E-state index >= 15 is 0 Å². The number of benzene rings is 1. The Bertz CT molecular complexity index is 1580. The van der Waals surface area contributed by atoms with Gasteiger partial charge in [0.25, 0.3) is 11.7 Å². The van der Waals surface area contributed by atoms with Crippen molar-refractivity contribution in [2.45, 2.75) is 0 Å². The number of fused-ring (bicyclic) bond motifs is 2. The van der Waals surface area contributed by atoms with Gasteiger partial charge in [-0.3, -0.25) is 9.59 Å². The van der Waals surface area contributed by atoms with Crippen LogP contribution in [0.3, 0.4) is 0 Å². The Balaban J connectivity index is 1.25. The first-order valence-electron chi connectivity index (χ1n) is 11.3. The zero-order chi connectivity index (χ0) is 24.6. The van der Waals surface area contributed by atoms with E-state index in [4.69, 9.17) is 4.74 Å². The van der Waals surface area contributed by atoms with E-state index in [1.54, 1.807) is 17.4 Å². The molecule has 4 aromatic heterocycles. The monoisotopic (exact) mass is 483 g/mol. The van der Waals surface area contributed by atoms with Crippen LogP contribution in [0.5, 0.6) is 5.75 Å². The number of rotatable bonds is 5. The first-order valence-corrected chi connectivity index (χ1v) is 11.3. The van der Waals surface area contributed by atoms with Crippen LogP contribution in [-0.4, -0.2) is 84.8 Å². The van der Waals surface area contributed by atoms with Gasteiger partial charge in [0.05, 0.1) is 47.7 Å². The summed E-state index contributed by atoms with van der Waals surface area (Å²) in [5.74, 6) is 0.473. The molecular weight excluding hydrogens is 462 g/mol. The molecular formula is C24H21N9O3. The van der Waals surface area contributed by atoms with Crippen molar-refractivity contribution >= 4 is 39.3 Å². The predicted molar refractivity (Wildman–Crippen MR) is 130 cm³/mol. The summed E-state index contributed by atoms with van der Waals surface area (Å²) in [7, 11) is 1.49. The summed E-state index contributed by atoms with van der Waals surface area (Å²) in [6, 6.07) is 7.82. The number of hydrogen-bond acceptors (Lipinski definition) is 9. The lowest BCUT2D eigenvalue weighted by Gasteiger charge is -2.35. The predicted octanol–water partition coefficient (Wildman–Crippen LogP) is 1.63. The molecule has 0 bridgehead atoms. The third kappa shape index (κ3) is 3.50. The molecule has 5 heterocycles. The van der Waals surface area contributed by atoms with Gasteiger partial charge in [-0.15, -0.1) is 5.10 Å². The van der Waals surface area contributed by atoms with Crippen molar-refractivity contribution in [1.82, 2.24) is 39.8 Å². The number of nitrogens with zero attached hydrogens (tertiary/aromatic N) is 8. The topological polar surface area (TPSA) is 135 Å². The van der Waals surface area contributed by atoms with E-state index in [1.807, 2.05) is 24.3 Å². The number of ketones is 1. The van der Waals surface area contributed by atoms with Gasteiger partial charge in [0.15, 0.2) is 5.82 Å². The number of Topliss-reactive ketones (excluding diaryl/α,β-unsaturated/α-hetero) is 1. The van der Waals surface area contributed by atoms with Gasteiger partial charge in [-0.2, -0.15) is 0 Å². The lowest BCUT2D eigenvalue weighted by atomic mass is 10.1. The van der Waals surface area contributed by atoms with E-state index < -0.39 is 11.7 Å². The molecule has 1 N–H and O–H groups in total. The van der Waals surface area contributed by atoms with E-state index in [1.165, 1.54) is 30.4 Å². The summed E-state index contributed by atoms with van der Waals surface area (Å²) in [4.78, 5) is 46.5. The van der Waals surface area contributed by atoms with Gasteiger partial charge in [-0.25, -0.2) is 19.6 Å². The molecule has 1 amide bonds. The number of aromatic nitrogens is 7. The molecule has 12 nitrogen and oxygen atoms in total. The standard InChI is InChI=1S/C24H21N9O3/c1-36-18-13-26-23(33-7-6-29-30-33)20-19(18)16(12-25-20)21(34)24(35)32-10-8-31(9-11-32)22-15-4-2-3-5-17(15)27-14-28-22/h2-7,12-14,25H,8-11H2,1H3. The maximum Gasteiger partial charge on any atom is 0.295 e. The highest BCUT2D eigenvalue weighted by Crippen LogP contribution is 2.32. The molecule has 0 unspecified atom stereocenters. The first-order chi connectivity index (χ1) is 17.7. The average Bonchev–Trinajstić information content (AvgIpc) is 3.63. The minimum Gasteiger partial charge on any atom is -0.494 e. The number of ether oxygens (including phenoxy) is 1. The van der Waals surface area contributed by atoms with Crippen LogP contribution < -0.4 is 9.64 Å². The minimum absolute atomic E-state index is 0.222. The van der Waals surface area contributed by atoms with E-state index in [0.29, 0.717) is 48.6 Å². The molecule has 1 aromatic carbocycles. The number of nitrogens with one attached hydrogen (secondary N) is 1. The van der Waals surface area contributed by atoms with E-state index in [9.17, 15) is 9.59 Å². The first kappa shape index (κ1) is 21.6. The zero-order valence-corrected chi connectivity index (χ0v) is 19.3. The summed E-state index contributed by atoms with van der Waals surface area (Å²) < 4.78 is 6.93. The molecule has 5 aromatic rings. The van der Waals surface area contributed by atoms with Gasteiger partial charge in [0, 0.05) is 37.8 Å². The number of pyridine rings is 1. The van der Waals surface area contributed by atoms with Crippen molar-refractivity contribution in [2.75, 3.05) is 38.2 Å². The number of piperazine rings is 1. The van der Waals surface area contributed by atoms with Crippen molar-refractivity contribution < 1.29 is 14.3 Å². The van der Waals surface area contributed by atoms with Gasteiger partial charge in [0.2, 0.25) is 0 Å². The molecule has 180 valence electrons. The molecule has 36 heavy (non-hydrogen) atoms. The summed E-state index contributed by atoms with van der Waals surface area (Å²) in [5, 5.41) is 9.22. The van der Waals surface area contributed by atoms with Crippen LogP contribution in [0.1, 0.15) is 10.4 Å². The maximum atomic E-state index is 13.4. The Morgan fingerprint density at radius 3 is 2.64 bits per heavy atom. The number of amides is 1. The summed E-state index contributed by atoms with van der Waals surface area (Å²) in [6.07, 6.45) is 7.73. The third-order valence-corrected chi connectivity index (χ3v) is 6.34. The van der Waals surface area contributed by atoms with Crippen molar-refractivity contribution in [3.05, 3.63) is 60.9 Å². The van der Waals surface area contributed by atoms with E-state index in [2.05, 4.69) is 35.1 Å². The number of para-hydroxylation sites is 1. The SMILES string of the molecule is COc1cnc(-n2ccnn2)c2[nH]cc(C(=O)C(=O)N3CCN(c4ncnc5ccccc45)CC3)c12. The van der Waals surface area contributed by atoms with Crippen LogP contribution in [0.4, 0.5) is 5.82 Å². The summed E-state index contributed by atoms with van der Waals surface area (Å²) >= 11 is 0. The maximum absolute atomic E-state index is 13.4. The van der Waals surface area contributed by atoms with Gasteiger partial charge in [-0.05, 0) is 12.1 Å². The van der Waals surface area contributed by atoms with Crippen molar-refractivity contribution in [3.63, 3.8) is 0 Å². The number of carbonyl (C=O) groups is 2. The Morgan fingerprint density at radius 2 is 1.86 bits per heavy atom. The number of anilines is 1. The molecule has 1 saturated heterocycles. The molecule has 1 aliphatic rings. The zero-order valence-electron chi connectivity index (χ0n) is 19.3. The van der Waals surface area contributed by atoms with Crippen LogP contribution in [-0.2, 0) is 4.79 Å². The summed E-state index contributed by atoms with van der Waals surface area (Å²) in [5.41, 5.74) is 1.61.